The Bertz CT molecular complexity index is 1130. The summed E-state index contributed by atoms with van der Waals surface area (Å²) >= 11 is 0. The van der Waals surface area contributed by atoms with E-state index in [2.05, 4.69) is 123 Å². The topological polar surface area (TPSA) is 3.24 Å². The number of hydrogen-bond donors (Lipinski definition) is 0. The normalized spacial score (nSPS) is 13.6. The first-order chi connectivity index (χ1) is 14.1. The van der Waals surface area contributed by atoms with Crippen LogP contribution in [-0.4, -0.2) is 0 Å². The summed E-state index contributed by atoms with van der Waals surface area (Å²) in [5, 5.41) is 0. The largest absolute Gasteiger partial charge is 0.310 e. The van der Waals surface area contributed by atoms with E-state index in [0.717, 1.165) is 0 Å². The molecule has 0 radical (unpaired) electrons. The number of rotatable bonds is 3. The van der Waals surface area contributed by atoms with Gasteiger partial charge in [-0.1, -0.05) is 86.1 Å². The number of para-hydroxylation sites is 2. The molecule has 4 aromatic carbocycles. The molecule has 0 heterocycles. The molecule has 0 atom stereocenters. The predicted molar refractivity (Wildman–Crippen MR) is 123 cm³/mol. The summed E-state index contributed by atoms with van der Waals surface area (Å²) in [6.07, 6.45) is 0. The van der Waals surface area contributed by atoms with E-state index in [1.54, 1.807) is 0 Å². The highest BCUT2D eigenvalue weighted by Crippen LogP contribution is 2.54. The molecule has 0 bridgehead atoms. The molecular weight excluding hydrogens is 350 g/mol. The Morgan fingerprint density at radius 2 is 1.24 bits per heavy atom. The maximum atomic E-state index is 2.38. The summed E-state index contributed by atoms with van der Waals surface area (Å²) in [6, 6.07) is 34.9. The fourth-order valence-electron chi connectivity index (χ4n) is 4.65. The minimum Gasteiger partial charge on any atom is -0.310 e. The molecule has 0 spiro atoms. The Labute approximate surface area is 173 Å². The summed E-state index contributed by atoms with van der Waals surface area (Å²) in [5.41, 5.74) is 10.4. The molecule has 0 amide bonds. The second kappa shape index (κ2) is 6.63. The van der Waals surface area contributed by atoms with E-state index >= 15 is 0 Å². The predicted octanol–water partition coefficient (Wildman–Crippen LogP) is 7.77. The first-order valence-corrected chi connectivity index (χ1v) is 10.2. The van der Waals surface area contributed by atoms with Gasteiger partial charge in [-0.05, 0) is 53.9 Å². The van der Waals surface area contributed by atoms with E-state index in [-0.39, 0.29) is 5.41 Å². The molecule has 0 saturated carbocycles. The quantitative estimate of drug-likeness (QED) is 0.353. The van der Waals surface area contributed by atoms with Gasteiger partial charge in [0.25, 0.3) is 0 Å². The lowest BCUT2D eigenvalue weighted by molar-refractivity contribution is 0.660. The average Bonchev–Trinajstić information content (AvgIpc) is 2.97. The zero-order valence-corrected chi connectivity index (χ0v) is 17.2. The van der Waals surface area contributed by atoms with Gasteiger partial charge in [0.1, 0.15) is 0 Å². The molecule has 4 aromatic rings. The van der Waals surface area contributed by atoms with Gasteiger partial charge in [-0.3, -0.25) is 0 Å². The summed E-state index contributed by atoms with van der Waals surface area (Å²) in [7, 11) is 0. The van der Waals surface area contributed by atoms with Crippen LogP contribution < -0.4 is 4.90 Å². The Morgan fingerprint density at radius 3 is 1.86 bits per heavy atom. The van der Waals surface area contributed by atoms with Gasteiger partial charge in [0.15, 0.2) is 0 Å². The number of benzene rings is 4. The molecule has 142 valence electrons. The van der Waals surface area contributed by atoms with Gasteiger partial charge in [0.2, 0.25) is 0 Å². The summed E-state index contributed by atoms with van der Waals surface area (Å²) in [4.78, 5) is 2.38. The van der Waals surface area contributed by atoms with E-state index in [9.17, 15) is 0 Å². The standard InChI is InChI=1S/C28H25N/c1-20-17-18-23-25(19-20)28(2,3)24-15-10-16-26(27(23)24)29(21-11-6-4-7-12-21)22-13-8-5-9-14-22/h4-19H,1-3H3. The first kappa shape index (κ1) is 17.8. The second-order valence-corrected chi connectivity index (χ2v) is 8.38. The molecule has 0 aliphatic heterocycles. The Hall–Kier alpha value is -3.32. The van der Waals surface area contributed by atoms with Crippen LogP contribution in [-0.2, 0) is 5.41 Å². The van der Waals surface area contributed by atoms with Gasteiger partial charge >= 0.3 is 0 Å². The monoisotopic (exact) mass is 375 g/mol. The minimum absolute atomic E-state index is 0.00819. The molecule has 1 aliphatic carbocycles. The van der Waals surface area contributed by atoms with Crippen molar-refractivity contribution in [1.29, 1.82) is 0 Å². The molecule has 0 unspecified atom stereocenters. The van der Waals surface area contributed by atoms with Gasteiger partial charge in [0.05, 0.1) is 5.69 Å². The van der Waals surface area contributed by atoms with Crippen molar-refractivity contribution in [1.82, 2.24) is 0 Å². The molecule has 1 nitrogen and oxygen atoms in total. The number of nitrogens with zero attached hydrogens (tertiary/aromatic N) is 1. The van der Waals surface area contributed by atoms with Crippen LogP contribution in [0, 0.1) is 6.92 Å². The fraction of sp³-hybridized carbons (Fsp3) is 0.143. The average molecular weight is 376 g/mol. The van der Waals surface area contributed by atoms with Crippen molar-refractivity contribution in [3.8, 4) is 11.1 Å². The highest BCUT2D eigenvalue weighted by molar-refractivity contribution is 5.94. The van der Waals surface area contributed by atoms with Crippen molar-refractivity contribution in [2.24, 2.45) is 0 Å². The van der Waals surface area contributed by atoms with Gasteiger partial charge in [-0.25, -0.2) is 0 Å². The molecule has 0 N–H and O–H groups in total. The summed E-state index contributed by atoms with van der Waals surface area (Å²) in [5.74, 6) is 0. The zero-order chi connectivity index (χ0) is 20.0. The van der Waals surface area contributed by atoms with Crippen molar-refractivity contribution >= 4 is 17.1 Å². The second-order valence-electron chi connectivity index (χ2n) is 8.38. The molecule has 1 heteroatoms. The lowest BCUT2D eigenvalue weighted by Gasteiger charge is -2.28. The molecule has 1 aliphatic rings. The zero-order valence-electron chi connectivity index (χ0n) is 17.2. The van der Waals surface area contributed by atoms with Crippen molar-refractivity contribution in [2.45, 2.75) is 26.2 Å². The van der Waals surface area contributed by atoms with E-state index in [4.69, 9.17) is 0 Å². The van der Waals surface area contributed by atoms with Gasteiger partial charge < -0.3 is 4.90 Å². The summed E-state index contributed by atoms with van der Waals surface area (Å²) in [6.45, 7) is 6.87. The molecule has 0 aromatic heterocycles. The van der Waals surface area contributed by atoms with Crippen LogP contribution in [0.4, 0.5) is 17.1 Å². The van der Waals surface area contributed by atoms with Crippen LogP contribution in [0.1, 0.15) is 30.5 Å². The molecule has 5 rings (SSSR count). The summed E-state index contributed by atoms with van der Waals surface area (Å²) < 4.78 is 0. The molecule has 0 fully saturated rings. The lowest BCUT2D eigenvalue weighted by Crippen LogP contribution is -2.16. The van der Waals surface area contributed by atoms with Gasteiger partial charge in [-0.2, -0.15) is 0 Å². The Balaban J connectivity index is 1.82. The molecule has 0 saturated heterocycles. The van der Waals surface area contributed by atoms with Crippen LogP contribution in [0.25, 0.3) is 11.1 Å². The Kier molecular flexibility index (Phi) is 4.06. The van der Waals surface area contributed by atoms with Gasteiger partial charge in [0, 0.05) is 22.4 Å². The highest BCUT2D eigenvalue weighted by atomic mass is 15.1. The maximum absolute atomic E-state index is 2.38. The van der Waals surface area contributed by atoms with E-state index in [1.165, 1.54) is 44.9 Å². The highest BCUT2D eigenvalue weighted by Gasteiger charge is 2.37. The van der Waals surface area contributed by atoms with Crippen LogP contribution in [0.15, 0.2) is 97.1 Å². The third kappa shape index (κ3) is 2.77. The van der Waals surface area contributed by atoms with Crippen molar-refractivity contribution in [3.05, 3.63) is 114 Å². The fourth-order valence-corrected chi connectivity index (χ4v) is 4.65. The molecule has 29 heavy (non-hydrogen) atoms. The molecular formula is C28H25N. The van der Waals surface area contributed by atoms with Crippen molar-refractivity contribution in [3.63, 3.8) is 0 Å². The number of fused-ring (bicyclic) bond motifs is 3. The van der Waals surface area contributed by atoms with E-state index in [0.29, 0.717) is 0 Å². The number of aryl methyl sites for hydroxylation is 1. The first-order valence-electron chi connectivity index (χ1n) is 10.2. The van der Waals surface area contributed by atoms with Crippen LogP contribution >= 0.6 is 0 Å². The number of hydrogen-bond acceptors (Lipinski definition) is 1. The lowest BCUT2D eigenvalue weighted by atomic mass is 9.82. The Morgan fingerprint density at radius 1 is 0.621 bits per heavy atom. The van der Waals surface area contributed by atoms with Gasteiger partial charge in [-0.15, -0.1) is 0 Å². The van der Waals surface area contributed by atoms with Crippen LogP contribution in [0.5, 0.6) is 0 Å². The smallest absolute Gasteiger partial charge is 0.0543 e. The minimum atomic E-state index is -0.00819. The van der Waals surface area contributed by atoms with E-state index < -0.39 is 0 Å². The van der Waals surface area contributed by atoms with Crippen LogP contribution in [0.2, 0.25) is 0 Å². The van der Waals surface area contributed by atoms with Crippen LogP contribution in [0.3, 0.4) is 0 Å². The van der Waals surface area contributed by atoms with Crippen molar-refractivity contribution < 1.29 is 0 Å². The number of anilines is 3. The van der Waals surface area contributed by atoms with E-state index in [1.807, 2.05) is 0 Å². The third-order valence-electron chi connectivity index (χ3n) is 6.10. The third-order valence-corrected chi connectivity index (χ3v) is 6.10. The maximum Gasteiger partial charge on any atom is 0.0543 e. The SMILES string of the molecule is Cc1ccc2c(c1)C(C)(C)c1cccc(N(c3ccccc3)c3ccccc3)c1-2. The van der Waals surface area contributed by atoms with Crippen molar-refractivity contribution in [2.75, 3.05) is 4.90 Å².